The second-order valence-electron chi connectivity index (χ2n) is 3.53. The second kappa shape index (κ2) is 2.81. The zero-order chi connectivity index (χ0) is 7.68. The third-order valence-corrected chi connectivity index (χ3v) is 2.81. The first-order chi connectivity index (χ1) is 5.40. The van der Waals surface area contributed by atoms with Crippen LogP contribution in [0.15, 0.2) is 4.99 Å². The van der Waals surface area contributed by atoms with E-state index in [0.29, 0.717) is 12.1 Å². The van der Waals surface area contributed by atoms with E-state index in [1.807, 2.05) is 6.34 Å². The number of nitrogens with one attached hydrogen (secondary N) is 1. The van der Waals surface area contributed by atoms with Gasteiger partial charge in [-0.15, -0.1) is 0 Å². The number of nitrogens with zero attached hydrogens (tertiary/aromatic N) is 1. The average molecular weight is 153 g/mol. The molecule has 1 fully saturated rings. The maximum absolute atomic E-state index is 5.62. The largest absolute Gasteiger partial charge is 0.372 e. The standard InChI is InChI=1S/C8H15N3/c9-4-6-1-2-7-8(3-6)11-5-10-7/h5-8H,1-4,9H2,(H,10,11). The average Bonchev–Trinajstić information content (AvgIpc) is 2.50. The van der Waals surface area contributed by atoms with Gasteiger partial charge in [-0.05, 0) is 31.7 Å². The van der Waals surface area contributed by atoms with Gasteiger partial charge in [0, 0.05) is 6.04 Å². The van der Waals surface area contributed by atoms with Crippen LogP contribution in [0.3, 0.4) is 0 Å². The van der Waals surface area contributed by atoms with E-state index in [1.54, 1.807) is 0 Å². The molecule has 0 saturated heterocycles. The zero-order valence-corrected chi connectivity index (χ0v) is 6.66. The fourth-order valence-electron chi connectivity index (χ4n) is 2.05. The summed E-state index contributed by atoms with van der Waals surface area (Å²) in [5.74, 6) is 0.727. The molecule has 11 heavy (non-hydrogen) atoms. The smallest absolute Gasteiger partial charge is 0.0831 e. The summed E-state index contributed by atoms with van der Waals surface area (Å²) < 4.78 is 0. The van der Waals surface area contributed by atoms with Gasteiger partial charge < -0.3 is 11.1 Å². The molecule has 0 aromatic carbocycles. The number of fused-ring (bicyclic) bond motifs is 1. The van der Waals surface area contributed by atoms with E-state index in [2.05, 4.69) is 10.3 Å². The van der Waals surface area contributed by atoms with Gasteiger partial charge in [-0.2, -0.15) is 0 Å². The molecule has 62 valence electrons. The first-order valence-corrected chi connectivity index (χ1v) is 4.38. The minimum atomic E-state index is 0.554. The topological polar surface area (TPSA) is 50.4 Å². The van der Waals surface area contributed by atoms with Gasteiger partial charge in [-0.25, -0.2) is 0 Å². The lowest BCUT2D eigenvalue weighted by molar-refractivity contribution is 0.295. The van der Waals surface area contributed by atoms with Crippen LogP contribution in [0.25, 0.3) is 0 Å². The highest BCUT2D eigenvalue weighted by Crippen LogP contribution is 2.27. The van der Waals surface area contributed by atoms with Crippen LogP contribution in [0.4, 0.5) is 0 Å². The van der Waals surface area contributed by atoms with Crippen molar-refractivity contribution >= 4 is 6.34 Å². The van der Waals surface area contributed by atoms with Gasteiger partial charge >= 0.3 is 0 Å². The Balaban J connectivity index is 1.94. The molecule has 3 unspecified atom stereocenters. The molecular formula is C8H15N3. The van der Waals surface area contributed by atoms with E-state index in [0.717, 1.165) is 12.5 Å². The van der Waals surface area contributed by atoms with Crippen molar-refractivity contribution in [3.63, 3.8) is 0 Å². The molecule has 1 aliphatic carbocycles. The molecule has 0 aromatic rings. The molecule has 2 rings (SSSR count). The molecule has 1 aliphatic heterocycles. The summed E-state index contributed by atoms with van der Waals surface area (Å²) in [7, 11) is 0. The van der Waals surface area contributed by atoms with Crippen LogP contribution in [-0.4, -0.2) is 25.0 Å². The molecule has 3 N–H and O–H groups in total. The first kappa shape index (κ1) is 7.10. The Morgan fingerprint density at radius 3 is 3.27 bits per heavy atom. The molecule has 0 bridgehead atoms. The van der Waals surface area contributed by atoms with Crippen LogP contribution in [0.5, 0.6) is 0 Å². The van der Waals surface area contributed by atoms with Gasteiger partial charge in [-0.1, -0.05) is 0 Å². The maximum Gasteiger partial charge on any atom is 0.0831 e. The van der Waals surface area contributed by atoms with Gasteiger partial charge in [0.25, 0.3) is 0 Å². The predicted molar refractivity (Wildman–Crippen MR) is 45.6 cm³/mol. The molecule has 0 amide bonds. The quantitative estimate of drug-likeness (QED) is 0.562. The van der Waals surface area contributed by atoms with Crippen molar-refractivity contribution in [3.8, 4) is 0 Å². The monoisotopic (exact) mass is 153 g/mol. The molecule has 3 heteroatoms. The van der Waals surface area contributed by atoms with Crippen molar-refractivity contribution in [3.05, 3.63) is 0 Å². The summed E-state index contributed by atoms with van der Waals surface area (Å²) in [6.45, 7) is 0.838. The number of nitrogens with two attached hydrogens (primary N) is 1. The number of hydrogen-bond acceptors (Lipinski definition) is 3. The summed E-state index contributed by atoms with van der Waals surface area (Å²) in [5, 5.41) is 3.28. The second-order valence-corrected chi connectivity index (χ2v) is 3.53. The summed E-state index contributed by atoms with van der Waals surface area (Å²) in [6.07, 6.45) is 5.54. The van der Waals surface area contributed by atoms with E-state index in [-0.39, 0.29) is 0 Å². The van der Waals surface area contributed by atoms with Crippen LogP contribution < -0.4 is 11.1 Å². The minimum Gasteiger partial charge on any atom is -0.372 e. The van der Waals surface area contributed by atoms with Crippen LogP contribution in [-0.2, 0) is 0 Å². The van der Waals surface area contributed by atoms with Crippen LogP contribution in [0, 0.1) is 5.92 Å². The van der Waals surface area contributed by atoms with Gasteiger partial charge in [0.05, 0.1) is 12.4 Å². The van der Waals surface area contributed by atoms with E-state index in [1.165, 1.54) is 19.3 Å². The van der Waals surface area contributed by atoms with Crippen LogP contribution >= 0.6 is 0 Å². The van der Waals surface area contributed by atoms with Gasteiger partial charge in [0.1, 0.15) is 0 Å². The van der Waals surface area contributed by atoms with E-state index >= 15 is 0 Å². The van der Waals surface area contributed by atoms with Crippen molar-refractivity contribution in [1.29, 1.82) is 0 Å². The van der Waals surface area contributed by atoms with Crippen molar-refractivity contribution in [2.75, 3.05) is 6.54 Å². The highest BCUT2D eigenvalue weighted by atomic mass is 15.1. The summed E-state index contributed by atoms with van der Waals surface area (Å²) in [6, 6.07) is 1.15. The van der Waals surface area contributed by atoms with Gasteiger partial charge in [0.2, 0.25) is 0 Å². The third kappa shape index (κ3) is 1.25. The molecule has 3 nitrogen and oxygen atoms in total. The predicted octanol–water partition coefficient (Wildman–Crippen LogP) is 0.114. The van der Waals surface area contributed by atoms with Gasteiger partial charge in [-0.3, -0.25) is 4.99 Å². The Kier molecular flexibility index (Phi) is 1.82. The van der Waals surface area contributed by atoms with Crippen molar-refractivity contribution in [2.24, 2.45) is 16.6 Å². The molecule has 3 atom stereocenters. The Morgan fingerprint density at radius 2 is 2.45 bits per heavy atom. The Morgan fingerprint density at radius 1 is 1.55 bits per heavy atom. The highest BCUT2D eigenvalue weighted by molar-refractivity contribution is 5.58. The normalized spacial score (nSPS) is 41.7. The summed E-state index contributed by atoms with van der Waals surface area (Å²) >= 11 is 0. The number of aliphatic imine (C=N–C) groups is 1. The Hall–Kier alpha value is -0.570. The molecule has 1 saturated carbocycles. The van der Waals surface area contributed by atoms with E-state index in [9.17, 15) is 0 Å². The lowest BCUT2D eigenvalue weighted by Gasteiger charge is -2.29. The summed E-state index contributed by atoms with van der Waals surface area (Å²) in [4.78, 5) is 4.35. The first-order valence-electron chi connectivity index (χ1n) is 4.38. The minimum absolute atomic E-state index is 0.554. The molecule has 1 heterocycles. The highest BCUT2D eigenvalue weighted by Gasteiger charge is 2.31. The molecule has 2 aliphatic rings. The lowest BCUT2D eigenvalue weighted by atomic mass is 9.83. The molecular weight excluding hydrogens is 138 g/mol. The van der Waals surface area contributed by atoms with Crippen molar-refractivity contribution in [1.82, 2.24) is 5.32 Å². The van der Waals surface area contributed by atoms with Crippen molar-refractivity contribution in [2.45, 2.75) is 31.3 Å². The lowest BCUT2D eigenvalue weighted by Crippen LogP contribution is -2.39. The maximum atomic E-state index is 5.62. The third-order valence-electron chi connectivity index (χ3n) is 2.81. The van der Waals surface area contributed by atoms with Crippen LogP contribution in [0.1, 0.15) is 19.3 Å². The number of hydrogen-bond donors (Lipinski definition) is 2. The fraction of sp³-hybridized carbons (Fsp3) is 0.875. The van der Waals surface area contributed by atoms with Crippen molar-refractivity contribution < 1.29 is 0 Å². The Bertz CT molecular complexity index is 167. The van der Waals surface area contributed by atoms with Crippen LogP contribution in [0.2, 0.25) is 0 Å². The van der Waals surface area contributed by atoms with Gasteiger partial charge in [0.15, 0.2) is 0 Å². The number of rotatable bonds is 1. The Labute approximate surface area is 67.1 Å². The molecule has 0 radical (unpaired) electrons. The van der Waals surface area contributed by atoms with E-state index in [4.69, 9.17) is 5.73 Å². The SMILES string of the molecule is NCC1CCC2N=CNC2C1. The molecule has 0 aromatic heterocycles. The van der Waals surface area contributed by atoms with E-state index < -0.39 is 0 Å². The zero-order valence-electron chi connectivity index (χ0n) is 6.66. The summed E-state index contributed by atoms with van der Waals surface area (Å²) in [5.41, 5.74) is 5.62. The molecule has 0 spiro atoms. The fourth-order valence-corrected chi connectivity index (χ4v) is 2.05.